The molecular formula is C10H15ClN2S. The van der Waals surface area contributed by atoms with Crippen molar-refractivity contribution in [2.75, 3.05) is 11.4 Å². The molecule has 1 aliphatic rings. The van der Waals surface area contributed by atoms with E-state index in [1.165, 1.54) is 12.8 Å². The molecule has 0 N–H and O–H groups in total. The number of nitrogens with zero attached hydrogens (tertiary/aromatic N) is 2. The van der Waals surface area contributed by atoms with Gasteiger partial charge in [-0.2, -0.15) is 0 Å². The molecule has 2 nitrogen and oxygen atoms in total. The number of hydrogen-bond acceptors (Lipinski definition) is 3. The summed E-state index contributed by atoms with van der Waals surface area (Å²) in [6.45, 7) is 5.69. The number of hydrogen-bond donors (Lipinski definition) is 0. The van der Waals surface area contributed by atoms with E-state index in [1.807, 2.05) is 6.20 Å². The first-order chi connectivity index (χ1) is 6.63. The summed E-state index contributed by atoms with van der Waals surface area (Å²) >= 11 is 7.49. The van der Waals surface area contributed by atoms with E-state index < -0.39 is 0 Å². The molecule has 2 rings (SSSR count). The van der Waals surface area contributed by atoms with Gasteiger partial charge in [0, 0.05) is 23.2 Å². The second kappa shape index (κ2) is 3.70. The van der Waals surface area contributed by atoms with Crippen LogP contribution in [0.4, 0.5) is 5.13 Å². The standard InChI is InChI=1S/C10H15ClN2S/c1-10(2)4-3-5-13(10)9-12-7-8(6-11)14-9/h7H,3-6H2,1-2H3. The van der Waals surface area contributed by atoms with E-state index in [2.05, 4.69) is 23.7 Å². The number of rotatable bonds is 2. The average Bonchev–Trinajstić information content (AvgIpc) is 2.70. The Kier molecular flexibility index (Phi) is 2.71. The van der Waals surface area contributed by atoms with Gasteiger partial charge in [-0.25, -0.2) is 4.98 Å². The summed E-state index contributed by atoms with van der Waals surface area (Å²) in [5.74, 6) is 0.575. The Labute approximate surface area is 93.9 Å². The van der Waals surface area contributed by atoms with E-state index in [-0.39, 0.29) is 5.54 Å². The molecule has 0 unspecified atom stereocenters. The van der Waals surface area contributed by atoms with E-state index >= 15 is 0 Å². The van der Waals surface area contributed by atoms with Gasteiger partial charge in [0.25, 0.3) is 0 Å². The molecule has 0 saturated carbocycles. The molecule has 0 aliphatic carbocycles. The van der Waals surface area contributed by atoms with Gasteiger partial charge < -0.3 is 4.90 Å². The summed E-state index contributed by atoms with van der Waals surface area (Å²) in [7, 11) is 0. The fourth-order valence-electron chi connectivity index (χ4n) is 1.95. The molecule has 78 valence electrons. The van der Waals surface area contributed by atoms with Crippen molar-refractivity contribution in [2.24, 2.45) is 0 Å². The molecule has 0 amide bonds. The van der Waals surface area contributed by atoms with Gasteiger partial charge in [0.2, 0.25) is 0 Å². The normalized spacial score (nSPS) is 20.4. The smallest absolute Gasteiger partial charge is 0.185 e. The maximum Gasteiger partial charge on any atom is 0.185 e. The molecular weight excluding hydrogens is 216 g/mol. The van der Waals surface area contributed by atoms with Crippen molar-refractivity contribution >= 4 is 28.1 Å². The molecule has 14 heavy (non-hydrogen) atoms. The zero-order valence-electron chi connectivity index (χ0n) is 8.59. The van der Waals surface area contributed by atoms with Crippen LogP contribution in [-0.4, -0.2) is 17.1 Å². The summed E-state index contributed by atoms with van der Waals surface area (Å²) < 4.78 is 0. The monoisotopic (exact) mass is 230 g/mol. The van der Waals surface area contributed by atoms with Gasteiger partial charge in [0.05, 0.1) is 5.88 Å². The van der Waals surface area contributed by atoms with Crippen LogP contribution in [0.3, 0.4) is 0 Å². The highest BCUT2D eigenvalue weighted by Gasteiger charge is 2.33. The summed E-state index contributed by atoms with van der Waals surface area (Å²) in [5, 5.41) is 1.13. The van der Waals surface area contributed by atoms with Crippen molar-refractivity contribution < 1.29 is 0 Å². The number of alkyl halides is 1. The molecule has 1 aromatic heterocycles. The minimum Gasteiger partial charge on any atom is -0.343 e. The quantitative estimate of drug-likeness (QED) is 0.725. The van der Waals surface area contributed by atoms with Crippen LogP contribution < -0.4 is 4.90 Å². The maximum atomic E-state index is 5.77. The lowest BCUT2D eigenvalue weighted by Gasteiger charge is -2.31. The van der Waals surface area contributed by atoms with E-state index in [0.29, 0.717) is 5.88 Å². The predicted molar refractivity (Wildman–Crippen MR) is 62.3 cm³/mol. The SMILES string of the molecule is CC1(C)CCCN1c1ncc(CCl)s1. The highest BCUT2D eigenvalue weighted by molar-refractivity contribution is 7.15. The van der Waals surface area contributed by atoms with Crippen LogP contribution in [0.25, 0.3) is 0 Å². The molecule has 4 heteroatoms. The topological polar surface area (TPSA) is 16.1 Å². The summed E-state index contributed by atoms with van der Waals surface area (Å²) in [6, 6.07) is 0. The van der Waals surface area contributed by atoms with E-state index in [0.717, 1.165) is 16.6 Å². The molecule has 0 radical (unpaired) electrons. The van der Waals surface area contributed by atoms with Crippen molar-refractivity contribution in [3.8, 4) is 0 Å². The van der Waals surface area contributed by atoms with Crippen LogP contribution in [-0.2, 0) is 5.88 Å². The Morgan fingerprint density at radius 2 is 2.43 bits per heavy atom. The fourth-order valence-corrected chi connectivity index (χ4v) is 3.13. The van der Waals surface area contributed by atoms with Crippen LogP contribution in [0.5, 0.6) is 0 Å². The lowest BCUT2D eigenvalue weighted by atomic mass is 10.0. The Hall–Kier alpha value is -0.280. The van der Waals surface area contributed by atoms with Crippen molar-refractivity contribution in [3.63, 3.8) is 0 Å². The van der Waals surface area contributed by atoms with Crippen LogP contribution in [0.15, 0.2) is 6.20 Å². The summed E-state index contributed by atoms with van der Waals surface area (Å²) in [5.41, 5.74) is 0.265. The zero-order chi connectivity index (χ0) is 10.2. The average molecular weight is 231 g/mol. The van der Waals surface area contributed by atoms with Crippen LogP contribution in [0.2, 0.25) is 0 Å². The van der Waals surface area contributed by atoms with E-state index in [1.54, 1.807) is 11.3 Å². The van der Waals surface area contributed by atoms with Crippen LogP contribution >= 0.6 is 22.9 Å². The predicted octanol–water partition coefficient (Wildman–Crippen LogP) is 3.26. The molecule has 1 saturated heterocycles. The zero-order valence-corrected chi connectivity index (χ0v) is 10.2. The van der Waals surface area contributed by atoms with Gasteiger partial charge >= 0.3 is 0 Å². The summed E-state index contributed by atoms with van der Waals surface area (Å²) in [6.07, 6.45) is 4.41. The summed E-state index contributed by atoms with van der Waals surface area (Å²) in [4.78, 5) is 7.98. The van der Waals surface area contributed by atoms with Gasteiger partial charge in [-0.15, -0.1) is 22.9 Å². The number of anilines is 1. The fraction of sp³-hybridized carbons (Fsp3) is 0.700. The number of halogens is 1. The van der Waals surface area contributed by atoms with Crippen molar-refractivity contribution in [3.05, 3.63) is 11.1 Å². The Morgan fingerprint density at radius 1 is 1.64 bits per heavy atom. The highest BCUT2D eigenvalue weighted by atomic mass is 35.5. The molecule has 1 fully saturated rings. The largest absolute Gasteiger partial charge is 0.343 e. The number of thiazole rings is 1. The van der Waals surface area contributed by atoms with Crippen molar-refractivity contribution in [1.29, 1.82) is 0 Å². The lowest BCUT2D eigenvalue weighted by Crippen LogP contribution is -2.37. The lowest BCUT2D eigenvalue weighted by molar-refractivity contribution is 0.517. The second-order valence-corrected chi connectivity index (χ2v) is 5.67. The minimum absolute atomic E-state index is 0.265. The highest BCUT2D eigenvalue weighted by Crippen LogP contribution is 2.35. The molecule has 1 aliphatic heterocycles. The molecule has 1 aromatic rings. The molecule has 0 aromatic carbocycles. The van der Waals surface area contributed by atoms with Crippen LogP contribution in [0, 0.1) is 0 Å². The number of aromatic nitrogens is 1. The van der Waals surface area contributed by atoms with E-state index in [9.17, 15) is 0 Å². The first-order valence-corrected chi connectivity index (χ1v) is 6.27. The third kappa shape index (κ3) is 1.75. The first-order valence-electron chi connectivity index (χ1n) is 4.92. The molecule has 0 bridgehead atoms. The van der Waals surface area contributed by atoms with E-state index in [4.69, 9.17) is 11.6 Å². The molecule has 0 spiro atoms. The first kappa shape index (κ1) is 10.2. The Morgan fingerprint density at radius 3 is 2.93 bits per heavy atom. The Bertz CT molecular complexity index is 322. The van der Waals surface area contributed by atoms with Crippen molar-refractivity contribution in [2.45, 2.75) is 38.1 Å². The van der Waals surface area contributed by atoms with Crippen LogP contribution in [0.1, 0.15) is 31.6 Å². The van der Waals surface area contributed by atoms with Gasteiger partial charge in [-0.3, -0.25) is 0 Å². The minimum atomic E-state index is 0.265. The van der Waals surface area contributed by atoms with Gasteiger partial charge in [0.1, 0.15) is 0 Å². The Balaban J connectivity index is 2.22. The third-order valence-corrected chi connectivity index (χ3v) is 4.27. The second-order valence-electron chi connectivity index (χ2n) is 4.31. The molecule has 0 atom stereocenters. The maximum absolute atomic E-state index is 5.77. The van der Waals surface area contributed by atoms with Gasteiger partial charge in [-0.1, -0.05) is 0 Å². The third-order valence-electron chi connectivity index (χ3n) is 2.80. The molecule has 2 heterocycles. The van der Waals surface area contributed by atoms with Gasteiger partial charge in [0.15, 0.2) is 5.13 Å². The van der Waals surface area contributed by atoms with Crippen molar-refractivity contribution in [1.82, 2.24) is 4.98 Å². The van der Waals surface area contributed by atoms with Gasteiger partial charge in [-0.05, 0) is 26.7 Å².